The summed E-state index contributed by atoms with van der Waals surface area (Å²) in [5.74, 6) is -0.308. The first-order valence-corrected chi connectivity index (χ1v) is 5.99. The third-order valence-corrected chi connectivity index (χ3v) is 2.77. The van der Waals surface area contributed by atoms with Gasteiger partial charge in [-0.3, -0.25) is 4.79 Å². The van der Waals surface area contributed by atoms with Crippen molar-refractivity contribution in [1.29, 1.82) is 0 Å². The van der Waals surface area contributed by atoms with E-state index in [1.807, 2.05) is 6.92 Å². The lowest BCUT2D eigenvalue weighted by Crippen LogP contribution is -2.41. The van der Waals surface area contributed by atoms with Crippen LogP contribution in [0.4, 0.5) is 0 Å². The van der Waals surface area contributed by atoms with Crippen molar-refractivity contribution in [2.45, 2.75) is 37.1 Å². The fourth-order valence-corrected chi connectivity index (χ4v) is 1.72. The lowest BCUT2D eigenvalue weighted by atomic mass is 10.0. The van der Waals surface area contributed by atoms with Crippen molar-refractivity contribution in [3.63, 3.8) is 0 Å². The highest BCUT2D eigenvalue weighted by molar-refractivity contribution is 9.10. The van der Waals surface area contributed by atoms with Crippen LogP contribution in [0.5, 0.6) is 0 Å². The third-order valence-electron chi connectivity index (χ3n) is 2.07. The average Bonchev–Trinajstić information content (AvgIpc) is 2.15. The molecule has 0 radical (unpaired) electrons. The Morgan fingerprint density at radius 3 is 2.73 bits per heavy atom. The van der Waals surface area contributed by atoms with E-state index in [0.29, 0.717) is 13.1 Å². The van der Waals surface area contributed by atoms with Gasteiger partial charge in [-0.05, 0) is 13.3 Å². The van der Waals surface area contributed by atoms with Gasteiger partial charge in [-0.15, -0.1) is 0 Å². The number of hydrogen-bond acceptors (Lipinski definition) is 4. The second kappa shape index (κ2) is 7.19. The van der Waals surface area contributed by atoms with Crippen molar-refractivity contribution in [2.24, 2.45) is 0 Å². The summed E-state index contributed by atoms with van der Waals surface area (Å²) in [5.41, 5.74) is -0.711. The van der Waals surface area contributed by atoms with Crippen molar-refractivity contribution >= 4 is 21.9 Å². The first-order valence-electron chi connectivity index (χ1n) is 5.08. The number of alkyl halides is 1. The minimum absolute atomic E-state index is 0.308. The van der Waals surface area contributed by atoms with E-state index in [4.69, 9.17) is 0 Å². The topological polar surface area (TPSA) is 58.6 Å². The first kappa shape index (κ1) is 14.9. The third kappa shape index (κ3) is 6.87. The van der Waals surface area contributed by atoms with Crippen LogP contribution >= 0.6 is 15.9 Å². The van der Waals surface area contributed by atoms with Gasteiger partial charge in [-0.1, -0.05) is 29.3 Å². The summed E-state index contributed by atoms with van der Waals surface area (Å²) in [4.78, 5) is 10.7. The lowest BCUT2D eigenvalue weighted by Gasteiger charge is -2.23. The molecule has 0 saturated heterocycles. The van der Waals surface area contributed by atoms with Crippen LogP contribution in [0.3, 0.4) is 0 Å². The second-order valence-corrected chi connectivity index (χ2v) is 4.97. The van der Waals surface area contributed by atoms with E-state index >= 15 is 0 Å². The van der Waals surface area contributed by atoms with E-state index in [2.05, 4.69) is 26.0 Å². The molecule has 2 atom stereocenters. The number of methoxy groups -OCH3 is 1. The van der Waals surface area contributed by atoms with Crippen LogP contribution < -0.4 is 5.32 Å². The van der Waals surface area contributed by atoms with Crippen molar-refractivity contribution < 1.29 is 14.6 Å². The molecule has 0 aliphatic carbocycles. The minimum atomic E-state index is -0.711. The number of nitrogens with one attached hydrogen (secondary N) is 1. The second-order valence-electron chi connectivity index (χ2n) is 3.87. The van der Waals surface area contributed by atoms with Crippen LogP contribution in [0.15, 0.2) is 0 Å². The number of carbonyl (C=O) groups excluding carboxylic acids is 1. The number of ether oxygens (including phenoxy) is 1. The first-order chi connectivity index (χ1) is 6.93. The molecule has 0 spiro atoms. The molecule has 0 aromatic rings. The van der Waals surface area contributed by atoms with E-state index in [9.17, 15) is 9.90 Å². The monoisotopic (exact) mass is 281 g/mol. The van der Waals surface area contributed by atoms with E-state index in [1.165, 1.54) is 7.11 Å². The molecule has 15 heavy (non-hydrogen) atoms. The van der Waals surface area contributed by atoms with Crippen LogP contribution in [0.2, 0.25) is 0 Å². The molecule has 0 fully saturated rings. The molecule has 4 nitrogen and oxygen atoms in total. The Bertz CT molecular complexity index is 197. The summed E-state index contributed by atoms with van der Waals surface area (Å²) in [5, 5.41) is 12.9. The van der Waals surface area contributed by atoms with Gasteiger partial charge in [0.15, 0.2) is 0 Å². The number of rotatable bonds is 7. The molecule has 0 saturated carbocycles. The zero-order valence-electron chi connectivity index (χ0n) is 9.55. The maximum Gasteiger partial charge on any atom is 0.320 e. The average molecular weight is 282 g/mol. The molecule has 0 aromatic heterocycles. The minimum Gasteiger partial charge on any atom is -0.468 e. The van der Waals surface area contributed by atoms with Gasteiger partial charge in [-0.25, -0.2) is 0 Å². The van der Waals surface area contributed by atoms with Crippen molar-refractivity contribution in [1.82, 2.24) is 5.32 Å². The van der Waals surface area contributed by atoms with Gasteiger partial charge in [0.25, 0.3) is 0 Å². The van der Waals surface area contributed by atoms with Gasteiger partial charge in [0.2, 0.25) is 0 Å². The number of carbonyl (C=O) groups is 1. The van der Waals surface area contributed by atoms with Gasteiger partial charge in [0.1, 0.15) is 4.83 Å². The Balaban J connectivity index is 3.73. The van der Waals surface area contributed by atoms with Gasteiger partial charge in [0.05, 0.1) is 12.7 Å². The van der Waals surface area contributed by atoms with Crippen molar-refractivity contribution in [3.05, 3.63) is 0 Å². The van der Waals surface area contributed by atoms with Gasteiger partial charge in [0, 0.05) is 13.1 Å². The summed E-state index contributed by atoms with van der Waals surface area (Å²) >= 11 is 3.19. The highest BCUT2D eigenvalue weighted by Crippen LogP contribution is 2.10. The number of halogens is 1. The summed E-state index contributed by atoms with van der Waals surface area (Å²) < 4.78 is 4.55. The summed E-state index contributed by atoms with van der Waals surface area (Å²) in [6.07, 6.45) is 1.68. The molecule has 0 heterocycles. The Morgan fingerprint density at radius 1 is 1.67 bits per heavy atom. The molecule has 0 aliphatic heterocycles. The zero-order chi connectivity index (χ0) is 11.9. The fraction of sp³-hybridized carbons (Fsp3) is 0.900. The van der Waals surface area contributed by atoms with Crippen LogP contribution in [-0.2, 0) is 9.53 Å². The van der Waals surface area contributed by atoms with E-state index in [-0.39, 0.29) is 10.8 Å². The Hall–Kier alpha value is -0.130. The summed E-state index contributed by atoms with van der Waals surface area (Å²) in [6, 6.07) is 0. The van der Waals surface area contributed by atoms with Crippen molar-refractivity contribution in [2.75, 3.05) is 20.2 Å². The summed E-state index contributed by atoms with van der Waals surface area (Å²) in [6.45, 7) is 4.73. The molecular formula is C10H20BrNO3. The molecule has 5 heteroatoms. The fourth-order valence-electron chi connectivity index (χ4n) is 1.31. The normalized spacial score (nSPS) is 16.9. The van der Waals surface area contributed by atoms with E-state index in [1.54, 1.807) is 6.92 Å². The molecule has 0 aliphatic rings. The SMILES string of the molecule is CCCC(C)(O)CNCC(Br)C(=O)OC. The standard InChI is InChI=1S/C10H20BrNO3/c1-4-5-10(2,14)7-12-6-8(11)9(13)15-3/h8,12,14H,4-7H2,1-3H3. The number of aliphatic hydroxyl groups is 1. The zero-order valence-corrected chi connectivity index (χ0v) is 11.1. The number of hydrogen-bond donors (Lipinski definition) is 2. The lowest BCUT2D eigenvalue weighted by molar-refractivity contribution is -0.139. The van der Waals surface area contributed by atoms with Gasteiger partial charge in [-0.2, -0.15) is 0 Å². The van der Waals surface area contributed by atoms with Crippen molar-refractivity contribution in [3.8, 4) is 0 Å². The highest BCUT2D eigenvalue weighted by atomic mass is 79.9. The van der Waals surface area contributed by atoms with E-state index in [0.717, 1.165) is 12.8 Å². The molecule has 90 valence electrons. The van der Waals surface area contributed by atoms with Crippen LogP contribution in [0, 0.1) is 0 Å². The molecule has 0 amide bonds. The van der Waals surface area contributed by atoms with Gasteiger partial charge < -0.3 is 15.2 Å². The molecule has 2 unspecified atom stereocenters. The predicted octanol–water partition coefficient (Wildman–Crippen LogP) is 1.06. The largest absolute Gasteiger partial charge is 0.468 e. The highest BCUT2D eigenvalue weighted by Gasteiger charge is 2.20. The Kier molecular flexibility index (Phi) is 7.13. The molecule has 2 N–H and O–H groups in total. The summed E-state index contributed by atoms with van der Waals surface area (Å²) in [7, 11) is 1.35. The Labute approximate surface area is 99.5 Å². The van der Waals surface area contributed by atoms with E-state index < -0.39 is 5.60 Å². The Morgan fingerprint density at radius 2 is 2.27 bits per heavy atom. The van der Waals surface area contributed by atoms with Crippen LogP contribution in [0.1, 0.15) is 26.7 Å². The quantitative estimate of drug-likeness (QED) is 0.541. The maximum absolute atomic E-state index is 11.0. The molecular weight excluding hydrogens is 262 g/mol. The number of esters is 1. The molecule has 0 rings (SSSR count). The predicted molar refractivity (Wildman–Crippen MR) is 63.1 cm³/mol. The molecule has 0 aromatic carbocycles. The smallest absolute Gasteiger partial charge is 0.320 e. The van der Waals surface area contributed by atoms with Crippen LogP contribution in [-0.4, -0.2) is 41.7 Å². The van der Waals surface area contributed by atoms with Crippen LogP contribution in [0.25, 0.3) is 0 Å². The molecule has 0 bridgehead atoms. The maximum atomic E-state index is 11.0. The van der Waals surface area contributed by atoms with Gasteiger partial charge >= 0.3 is 5.97 Å².